The molecule has 116 valence electrons. The molecule has 3 heterocycles. The van der Waals surface area contributed by atoms with Crippen LogP contribution in [0.3, 0.4) is 0 Å². The summed E-state index contributed by atoms with van der Waals surface area (Å²) in [6.45, 7) is 3.92. The van der Waals surface area contributed by atoms with Gasteiger partial charge in [0.05, 0.1) is 0 Å². The number of hydrogen-bond donors (Lipinski definition) is 0. The molecule has 1 saturated carbocycles. The molecule has 0 radical (unpaired) electrons. The molecule has 3 aromatic rings. The molecule has 0 saturated heterocycles. The second-order valence-electron chi connectivity index (χ2n) is 6.48. The first-order valence-corrected chi connectivity index (χ1v) is 8.74. The molecule has 1 aromatic carbocycles. The van der Waals surface area contributed by atoms with Gasteiger partial charge in [-0.3, -0.25) is 0 Å². The molecule has 0 spiro atoms. The molecule has 0 unspecified atom stereocenters. The number of nitrogens with zero attached hydrogens (tertiary/aromatic N) is 5. The summed E-state index contributed by atoms with van der Waals surface area (Å²) in [6, 6.07) is 8.47. The number of fused-ring (bicyclic) bond motifs is 2. The maximum Gasteiger partial charge on any atom is 0.178 e. The highest BCUT2D eigenvalue weighted by atomic mass is 79.9. The first kappa shape index (κ1) is 13.5. The van der Waals surface area contributed by atoms with Gasteiger partial charge in [-0.15, -0.1) is 15.3 Å². The Morgan fingerprint density at radius 3 is 2.78 bits per heavy atom. The van der Waals surface area contributed by atoms with Crippen LogP contribution in [0.4, 0.5) is 5.82 Å². The third-order valence-electron chi connectivity index (χ3n) is 4.78. The standard InChI is InChI=1S/C17H16BrN5/c1-10-2-3-12-8-22(9-13(12)16(10)18)15-7-6-14-19-20-17(11-4-5-11)23(14)21-15/h2-3,6-7,11H,4-5,8-9H2,1H3. The van der Waals surface area contributed by atoms with Gasteiger partial charge in [0.2, 0.25) is 0 Å². The molecule has 2 aliphatic rings. The summed E-state index contributed by atoms with van der Waals surface area (Å²) in [6.07, 6.45) is 2.40. The fourth-order valence-corrected chi connectivity index (χ4v) is 3.78. The van der Waals surface area contributed by atoms with Crippen LogP contribution in [-0.2, 0) is 13.1 Å². The predicted octanol–water partition coefficient (Wildman–Crippen LogP) is 3.59. The van der Waals surface area contributed by atoms with Gasteiger partial charge in [0.25, 0.3) is 0 Å². The van der Waals surface area contributed by atoms with Crippen molar-refractivity contribution >= 4 is 27.4 Å². The average Bonchev–Trinajstić information content (AvgIpc) is 3.17. The van der Waals surface area contributed by atoms with Gasteiger partial charge in [-0.05, 0) is 48.6 Å². The molecular weight excluding hydrogens is 354 g/mol. The SMILES string of the molecule is Cc1ccc2c(c1Br)CN(c1ccc3nnc(C4CC4)n3n1)C2. The molecular formula is C17H16BrN5. The van der Waals surface area contributed by atoms with Crippen molar-refractivity contribution in [1.82, 2.24) is 19.8 Å². The highest BCUT2D eigenvalue weighted by molar-refractivity contribution is 9.10. The van der Waals surface area contributed by atoms with Crippen LogP contribution in [0.5, 0.6) is 0 Å². The largest absolute Gasteiger partial charge is 0.346 e. The summed E-state index contributed by atoms with van der Waals surface area (Å²) in [5.41, 5.74) is 4.86. The molecule has 1 aliphatic heterocycles. The fourth-order valence-electron chi connectivity index (χ4n) is 3.27. The molecule has 1 aliphatic carbocycles. The molecule has 0 bridgehead atoms. The first-order valence-electron chi connectivity index (χ1n) is 7.95. The Hall–Kier alpha value is -1.95. The lowest BCUT2D eigenvalue weighted by Crippen LogP contribution is -2.17. The highest BCUT2D eigenvalue weighted by Crippen LogP contribution is 2.39. The molecule has 0 amide bonds. The second kappa shape index (κ2) is 4.77. The molecule has 0 atom stereocenters. The number of halogens is 1. The minimum Gasteiger partial charge on any atom is -0.346 e. The van der Waals surface area contributed by atoms with Crippen LogP contribution in [0.2, 0.25) is 0 Å². The van der Waals surface area contributed by atoms with E-state index in [4.69, 9.17) is 5.10 Å². The molecule has 5 nitrogen and oxygen atoms in total. The monoisotopic (exact) mass is 369 g/mol. The minimum atomic E-state index is 0.542. The summed E-state index contributed by atoms with van der Waals surface area (Å²) in [7, 11) is 0. The zero-order chi connectivity index (χ0) is 15.6. The van der Waals surface area contributed by atoms with E-state index in [9.17, 15) is 0 Å². The number of anilines is 1. The van der Waals surface area contributed by atoms with Crippen molar-refractivity contribution in [2.24, 2.45) is 0 Å². The summed E-state index contributed by atoms with van der Waals surface area (Å²) in [5, 5.41) is 13.4. The summed E-state index contributed by atoms with van der Waals surface area (Å²) >= 11 is 3.73. The van der Waals surface area contributed by atoms with E-state index in [1.54, 1.807) is 0 Å². The Labute approximate surface area is 142 Å². The molecule has 2 aromatic heterocycles. The van der Waals surface area contributed by atoms with E-state index < -0.39 is 0 Å². The summed E-state index contributed by atoms with van der Waals surface area (Å²) < 4.78 is 3.15. The van der Waals surface area contributed by atoms with Crippen molar-refractivity contribution in [3.63, 3.8) is 0 Å². The lowest BCUT2D eigenvalue weighted by molar-refractivity contribution is 0.774. The molecule has 6 heteroatoms. The van der Waals surface area contributed by atoms with Gasteiger partial charge >= 0.3 is 0 Å². The van der Waals surface area contributed by atoms with Gasteiger partial charge in [0.15, 0.2) is 11.5 Å². The van der Waals surface area contributed by atoms with Crippen molar-refractivity contribution in [3.8, 4) is 0 Å². The second-order valence-corrected chi connectivity index (χ2v) is 7.28. The van der Waals surface area contributed by atoms with Crippen molar-refractivity contribution in [3.05, 3.63) is 51.3 Å². The van der Waals surface area contributed by atoms with E-state index in [0.29, 0.717) is 5.92 Å². The number of hydrogen-bond acceptors (Lipinski definition) is 4. The van der Waals surface area contributed by atoms with Crippen LogP contribution >= 0.6 is 15.9 Å². The summed E-state index contributed by atoms with van der Waals surface area (Å²) in [4.78, 5) is 2.31. The van der Waals surface area contributed by atoms with Gasteiger partial charge in [0.1, 0.15) is 5.82 Å². The Balaban J connectivity index is 1.54. The Bertz CT molecular complexity index is 928. The van der Waals surface area contributed by atoms with Crippen molar-refractivity contribution in [2.75, 3.05) is 4.90 Å². The Kier molecular flexibility index (Phi) is 2.80. The summed E-state index contributed by atoms with van der Waals surface area (Å²) in [5.74, 6) is 2.54. The molecule has 23 heavy (non-hydrogen) atoms. The average molecular weight is 370 g/mol. The topological polar surface area (TPSA) is 46.3 Å². The minimum absolute atomic E-state index is 0.542. The van der Waals surface area contributed by atoms with E-state index in [-0.39, 0.29) is 0 Å². The van der Waals surface area contributed by atoms with Gasteiger partial charge in [-0.25, -0.2) is 0 Å². The van der Waals surface area contributed by atoms with Crippen LogP contribution in [0.25, 0.3) is 5.65 Å². The predicted molar refractivity (Wildman–Crippen MR) is 91.5 cm³/mol. The van der Waals surface area contributed by atoms with Gasteiger partial charge < -0.3 is 4.90 Å². The Morgan fingerprint density at radius 2 is 1.96 bits per heavy atom. The fraction of sp³-hybridized carbons (Fsp3) is 0.353. The van der Waals surface area contributed by atoms with E-state index >= 15 is 0 Å². The molecule has 1 fully saturated rings. The van der Waals surface area contributed by atoms with Crippen LogP contribution in [-0.4, -0.2) is 19.8 Å². The lowest BCUT2D eigenvalue weighted by atomic mass is 10.1. The molecule has 0 N–H and O–H groups in total. The van der Waals surface area contributed by atoms with E-state index in [1.165, 1.54) is 34.0 Å². The molecule has 5 rings (SSSR count). The Morgan fingerprint density at radius 1 is 1.09 bits per heavy atom. The quantitative estimate of drug-likeness (QED) is 0.692. The maximum atomic E-state index is 4.82. The van der Waals surface area contributed by atoms with E-state index in [2.05, 4.69) is 50.1 Å². The van der Waals surface area contributed by atoms with Crippen molar-refractivity contribution in [2.45, 2.75) is 38.8 Å². The number of rotatable bonds is 2. The van der Waals surface area contributed by atoms with Gasteiger partial charge in [-0.1, -0.05) is 28.1 Å². The zero-order valence-corrected chi connectivity index (χ0v) is 14.4. The first-order chi connectivity index (χ1) is 11.2. The third-order valence-corrected chi connectivity index (χ3v) is 5.89. The third kappa shape index (κ3) is 2.08. The van der Waals surface area contributed by atoms with E-state index in [0.717, 1.165) is 30.4 Å². The number of aryl methyl sites for hydroxylation is 1. The van der Waals surface area contributed by atoms with Crippen LogP contribution < -0.4 is 4.90 Å². The van der Waals surface area contributed by atoms with Gasteiger partial charge in [0, 0.05) is 23.5 Å². The smallest absolute Gasteiger partial charge is 0.178 e. The lowest BCUT2D eigenvalue weighted by Gasteiger charge is -2.16. The maximum absolute atomic E-state index is 4.82. The number of benzene rings is 1. The zero-order valence-electron chi connectivity index (χ0n) is 12.8. The van der Waals surface area contributed by atoms with Gasteiger partial charge in [-0.2, -0.15) is 4.52 Å². The van der Waals surface area contributed by atoms with Crippen molar-refractivity contribution in [1.29, 1.82) is 0 Å². The number of aromatic nitrogens is 4. The van der Waals surface area contributed by atoms with Crippen LogP contribution in [0.15, 0.2) is 28.7 Å². The van der Waals surface area contributed by atoms with E-state index in [1.807, 2.05) is 16.6 Å². The normalized spacial score (nSPS) is 17.0. The van der Waals surface area contributed by atoms with Crippen LogP contribution in [0.1, 0.15) is 41.3 Å². The van der Waals surface area contributed by atoms with Crippen molar-refractivity contribution < 1.29 is 0 Å². The van der Waals surface area contributed by atoms with Crippen LogP contribution in [0, 0.1) is 6.92 Å². The highest BCUT2D eigenvalue weighted by Gasteiger charge is 2.30.